The van der Waals surface area contributed by atoms with Crippen LogP contribution in [0.3, 0.4) is 0 Å². The van der Waals surface area contributed by atoms with Crippen LogP contribution in [-0.4, -0.2) is 5.78 Å². The summed E-state index contributed by atoms with van der Waals surface area (Å²) in [5, 5.41) is 0. The number of carbonyl (C=O) groups excluding carboxylic acids is 1. The first-order valence-electron chi connectivity index (χ1n) is 4.20. The van der Waals surface area contributed by atoms with Crippen molar-refractivity contribution in [3.8, 4) is 12.3 Å². The third kappa shape index (κ3) is 1.63. The van der Waals surface area contributed by atoms with E-state index in [1.807, 2.05) is 6.92 Å². The van der Waals surface area contributed by atoms with Crippen LogP contribution in [0.15, 0.2) is 0 Å². The normalized spacial score (nSPS) is 32.5. The molecular weight excluding hydrogens is 136 g/mol. The van der Waals surface area contributed by atoms with Gasteiger partial charge in [0.15, 0.2) is 5.78 Å². The summed E-state index contributed by atoms with van der Waals surface area (Å²) in [6.07, 6.45) is 10.2. The molecule has 0 bridgehead atoms. The molecule has 1 unspecified atom stereocenters. The SMILES string of the molecule is C#CC1(C)CCCCCC1=O. The van der Waals surface area contributed by atoms with Gasteiger partial charge in [-0.3, -0.25) is 4.79 Å². The average Bonchev–Trinajstić information content (AvgIpc) is 2.16. The Balaban J connectivity index is 2.76. The molecule has 1 aliphatic carbocycles. The molecule has 1 fully saturated rings. The Labute approximate surface area is 68.2 Å². The molecule has 1 nitrogen and oxygen atoms in total. The highest BCUT2D eigenvalue weighted by molar-refractivity contribution is 5.87. The zero-order valence-corrected chi connectivity index (χ0v) is 7.02. The number of carbonyl (C=O) groups is 1. The molecule has 0 aromatic rings. The van der Waals surface area contributed by atoms with E-state index < -0.39 is 5.41 Å². The van der Waals surface area contributed by atoms with Gasteiger partial charge in [0.2, 0.25) is 0 Å². The quantitative estimate of drug-likeness (QED) is 0.382. The van der Waals surface area contributed by atoms with Crippen LogP contribution in [0.5, 0.6) is 0 Å². The lowest BCUT2D eigenvalue weighted by Gasteiger charge is -2.18. The van der Waals surface area contributed by atoms with E-state index in [1.165, 1.54) is 0 Å². The highest BCUT2D eigenvalue weighted by Crippen LogP contribution is 2.30. The highest BCUT2D eigenvalue weighted by atomic mass is 16.1. The third-order valence-corrected chi connectivity index (χ3v) is 2.51. The molecule has 0 spiro atoms. The maximum absolute atomic E-state index is 11.4. The number of hydrogen-bond donors (Lipinski definition) is 0. The maximum Gasteiger partial charge on any atom is 0.150 e. The van der Waals surface area contributed by atoms with Crippen molar-refractivity contribution < 1.29 is 4.79 Å². The summed E-state index contributed by atoms with van der Waals surface area (Å²) in [7, 11) is 0. The van der Waals surface area contributed by atoms with Crippen molar-refractivity contribution in [3.63, 3.8) is 0 Å². The molecule has 11 heavy (non-hydrogen) atoms. The molecule has 1 heteroatoms. The van der Waals surface area contributed by atoms with Gasteiger partial charge in [-0.2, -0.15) is 0 Å². The molecule has 0 radical (unpaired) electrons. The van der Waals surface area contributed by atoms with E-state index in [4.69, 9.17) is 6.42 Å². The van der Waals surface area contributed by atoms with Gasteiger partial charge in [0.05, 0.1) is 5.41 Å². The first kappa shape index (κ1) is 8.33. The van der Waals surface area contributed by atoms with Crippen LogP contribution in [0.1, 0.15) is 39.0 Å². The first-order valence-corrected chi connectivity index (χ1v) is 4.20. The molecule has 0 amide bonds. The van der Waals surface area contributed by atoms with Crippen molar-refractivity contribution in [2.24, 2.45) is 5.41 Å². The van der Waals surface area contributed by atoms with E-state index in [9.17, 15) is 4.79 Å². The van der Waals surface area contributed by atoms with Gasteiger partial charge < -0.3 is 0 Å². The Bertz CT molecular complexity index is 199. The number of terminal acetylenes is 1. The molecule has 60 valence electrons. The molecule has 0 saturated heterocycles. The smallest absolute Gasteiger partial charge is 0.150 e. The Morgan fingerprint density at radius 3 is 2.82 bits per heavy atom. The van der Waals surface area contributed by atoms with E-state index in [0.717, 1.165) is 25.7 Å². The molecule has 1 saturated carbocycles. The Kier molecular flexibility index (Phi) is 2.34. The van der Waals surface area contributed by atoms with Gasteiger partial charge in [-0.1, -0.05) is 18.8 Å². The number of hydrogen-bond acceptors (Lipinski definition) is 1. The van der Waals surface area contributed by atoms with Crippen molar-refractivity contribution in [1.82, 2.24) is 0 Å². The molecule has 1 aliphatic rings. The second kappa shape index (κ2) is 3.09. The highest BCUT2D eigenvalue weighted by Gasteiger charge is 2.31. The largest absolute Gasteiger partial charge is 0.298 e. The summed E-state index contributed by atoms with van der Waals surface area (Å²) in [4.78, 5) is 11.4. The fourth-order valence-electron chi connectivity index (χ4n) is 1.51. The molecule has 0 N–H and O–H groups in total. The molecule has 0 aromatic carbocycles. The topological polar surface area (TPSA) is 17.1 Å². The fraction of sp³-hybridized carbons (Fsp3) is 0.700. The zero-order chi connectivity index (χ0) is 8.32. The lowest BCUT2D eigenvalue weighted by molar-refractivity contribution is -0.125. The summed E-state index contributed by atoms with van der Waals surface area (Å²) in [6.45, 7) is 1.89. The van der Waals surface area contributed by atoms with Crippen molar-refractivity contribution in [2.45, 2.75) is 39.0 Å². The predicted octanol–water partition coefficient (Wildman–Crippen LogP) is 2.16. The van der Waals surface area contributed by atoms with E-state index in [-0.39, 0.29) is 5.78 Å². The summed E-state index contributed by atoms with van der Waals surface area (Å²) in [6, 6.07) is 0. The van der Waals surface area contributed by atoms with Gasteiger partial charge in [-0.25, -0.2) is 0 Å². The van der Waals surface area contributed by atoms with Crippen molar-refractivity contribution in [2.75, 3.05) is 0 Å². The molecule has 0 aromatic heterocycles. The molecule has 0 aliphatic heterocycles. The minimum absolute atomic E-state index is 0.262. The van der Waals surface area contributed by atoms with Crippen LogP contribution in [0.4, 0.5) is 0 Å². The minimum Gasteiger partial charge on any atom is -0.298 e. The standard InChI is InChI=1S/C10H14O/c1-3-10(2)8-6-4-5-7-9(10)11/h1H,4-8H2,2H3. The zero-order valence-electron chi connectivity index (χ0n) is 7.02. The molecule has 1 rings (SSSR count). The first-order chi connectivity index (χ1) is 5.19. The molecular formula is C10H14O. The van der Waals surface area contributed by atoms with Gasteiger partial charge in [-0.15, -0.1) is 6.42 Å². The van der Waals surface area contributed by atoms with Crippen LogP contribution in [0, 0.1) is 17.8 Å². The van der Waals surface area contributed by atoms with Crippen molar-refractivity contribution in [1.29, 1.82) is 0 Å². The summed E-state index contributed by atoms with van der Waals surface area (Å²) in [5.41, 5.74) is -0.448. The summed E-state index contributed by atoms with van der Waals surface area (Å²) in [5.74, 6) is 2.88. The predicted molar refractivity (Wildman–Crippen MR) is 45.0 cm³/mol. The van der Waals surface area contributed by atoms with E-state index in [2.05, 4.69) is 5.92 Å². The second-order valence-electron chi connectivity index (χ2n) is 3.46. The van der Waals surface area contributed by atoms with Gasteiger partial charge >= 0.3 is 0 Å². The Morgan fingerprint density at radius 1 is 1.45 bits per heavy atom. The second-order valence-corrected chi connectivity index (χ2v) is 3.46. The van der Waals surface area contributed by atoms with Crippen molar-refractivity contribution in [3.05, 3.63) is 0 Å². The molecule has 0 heterocycles. The fourth-order valence-corrected chi connectivity index (χ4v) is 1.51. The number of rotatable bonds is 0. The van der Waals surface area contributed by atoms with Crippen LogP contribution in [-0.2, 0) is 4.79 Å². The van der Waals surface area contributed by atoms with Gasteiger partial charge in [0.25, 0.3) is 0 Å². The van der Waals surface area contributed by atoms with Crippen LogP contribution in [0.25, 0.3) is 0 Å². The minimum atomic E-state index is -0.448. The van der Waals surface area contributed by atoms with Gasteiger partial charge in [0.1, 0.15) is 0 Å². The van der Waals surface area contributed by atoms with Crippen molar-refractivity contribution >= 4 is 5.78 Å². The van der Waals surface area contributed by atoms with Gasteiger partial charge in [0, 0.05) is 6.42 Å². The van der Waals surface area contributed by atoms with E-state index in [1.54, 1.807) is 0 Å². The maximum atomic E-state index is 11.4. The lowest BCUT2D eigenvalue weighted by Crippen LogP contribution is -2.24. The van der Waals surface area contributed by atoms with Gasteiger partial charge in [-0.05, 0) is 19.8 Å². The summed E-state index contributed by atoms with van der Waals surface area (Å²) < 4.78 is 0. The number of ketones is 1. The summed E-state index contributed by atoms with van der Waals surface area (Å²) >= 11 is 0. The van der Waals surface area contributed by atoms with E-state index in [0.29, 0.717) is 6.42 Å². The van der Waals surface area contributed by atoms with Crippen LogP contribution in [0.2, 0.25) is 0 Å². The number of Topliss-reactive ketones (excluding diaryl/α,β-unsaturated/α-hetero) is 1. The van der Waals surface area contributed by atoms with Crippen LogP contribution < -0.4 is 0 Å². The van der Waals surface area contributed by atoms with E-state index >= 15 is 0 Å². The Hall–Kier alpha value is -0.770. The molecule has 1 atom stereocenters. The Morgan fingerprint density at radius 2 is 2.18 bits per heavy atom. The average molecular weight is 150 g/mol. The van der Waals surface area contributed by atoms with Crippen LogP contribution >= 0.6 is 0 Å². The monoisotopic (exact) mass is 150 g/mol. The lowest BCUT2D eigenvalue weighted by atomic mass is 9.82. The third-order valence-electron chi connectivity index (χ3n) is 2.51.